The van der Waals surface area contributed by atoms with Crippen LogP contribution in [0.2, 0.25) is 10.0 Å². The van der Waals surface area contributed by atoms with E-state index in [1.54, 1.807) is 18.2 Å². The maximum Gasteiger partial charge on any atom is 0.240 e. The highest BCUT2D eigenvalue weighted by molar-refractivity contribution is 7.89. The van der Waals surface area contributed by atoms with Gasteiger partial charge in [0.25, 0.3) is 0 Å². The second-order valence-corrected chi connectivity index (χ2v) is 9.17. The van der Waals surface area contributed by atoms with Gasteiger partial charge in [0.1, 0.15) is 0 Å². The van der Waals surface area contributed by atoms with Gasteiger partial charge in [0.2, 0.25) is 15.9 Å². The van der Waals surface area contributed by atoms with Crippen molar-refractivity contribution in [3.05, 3.63) is 52.0 Å². The van der Waals surface area contributed by atoms with Crippen LogP contribution in [-0.2, 0) is 21.2 Å². The number of nitrogens with one attached hydrogen (secondary N) is 2. The van der Waals surface area contributed by atoms with Gasteiger partial charge in [-0.1, -0.05) is 35.3 Å². The molecule has 1 heterocycles. The Morgan fingerprint density at radius 1 is 1.03 bits per heavy atom. The minimum atomic E-state index is -3.77. The third-order valence-corrected chi connectivity index (χ3v) is 6.74. The van der Waals surface area contributed by atoms with Crippen LogP contribution < -0.4 is 19.5 Å². The number of carbonyl (C=O) groups is 1. The highest BCUT2D eigenvalue weighted by Gasteiger charge is 2.19. The first-order valence-corrected chi connectivity index (χ1v) is 11.7. The molecule has 0 radical (unpaired) electrons. The normalized spacial score (nSPS) is 13.5. The average molecular weight is 473 g/mol. The molecule has 10 heteroatoms. The Morgan fingerprint density at radius 3 is 2.60 bits per heavy atom. The molecule has 1 aliphatic rings. The van der Waals surface area contributed by atoms with Gasteiger partial charge in [0.15, 0.2) is 11.5 Å². The van der Waals surface area contributed by atoms with Crippen molar-refractivity contribution in [1.29, 1.82) is 0 Å². The van der Waals surface area contributed by atoms with Crippen LogP contribution in [0, 0.1) is 0 Å². The van der Waals surface area contributed by atoms with Crippen LogP contribution in [0.3, 0.4) is 0 Å². The van der Waals surface area contributed by atoms with Crippen LogP contribution in [0.15, 0.2) is 41.3 Å². The van der Waals surface area contributed by atoms with Crippen molar-refractivity contribution in [1.82, 2.24) is 10.0 Å². The first-order valence-electron chi connectivity index (χ1n) is 9.46. The lowest BCUT2D eigenvalue weighted by molar-refractivity contribution is -0.120. The first kappa shape index (κ1) is 22.7. The van der Waals surface area contributed by atoms with Gasteiger partial charge in [-0.05, 0) is 30.2 Å². The summed E-state index contributed by atoms with van der Waals surface area (Å²) in [7, 11) is -3.77. The Morgan fingerprint density at radius 2 is 1.80 bits per heavy atom. The smallest absolute Gasteiger partial charge is 0.240 e. The Bertz CT molecular complexity index is 1010. The summed E-state index contributed by atoms with van der Waals surface area (Å²) in [5.41, 5.74) is 0.833. The van der Waals surface area contributed by atoms with E-state index in [1.165, 1.54) is 12.1 Å². The lowest BCUT2D eigenvalue weighted by Crippen LogP contribution is -2.31. The molecule has 0 saturated carbocycles. The van der Waals surface area contributed by atoms with Crippen LogP contribution in [-0.4, -0.2) is 40.6 Å². The second-order valence-electron chi connectivity index (χ2n) is 6.62. The number of hydrogen-bond donors (Lipinski definition) is 2. The number of halogens is 2. The third-order valence-electron chi connectivity index (χ3n) is 4.42. The summed E-state index contributed by atoms with van der Waals surface area (Å²) in [6.45, 7) is 1.33. The van der Waals surface area contributed by atoms with Gasteiger partial charge in [-0.2, -0.15) is 0 Å². The van der Waals surface area contributed by atoms with E-state index in [4.69, 9.17) is 32.7 Å². The summed E-state index contributed by atoms with van der Waals surface area (Å²) in [6, 6.07) is 9.77. The molecule has 2 aromatic rings. The van der Waals surface area contributed by atoms with Crippen molar-refractivity contribution >= 4 is 39.1 Å². The predicted molar refractivity (Wildman–Crippen MR) is 115 cm³/mol. The molecular formula is C20H22Cl2N2O5S. The Labute approximate surface area is 185 Å². The second kappa shape index (κ2) is 10.3. The number of fused-ring (bicyclic) bond motifs is 1. The zero-order valence-electron chi connectivity index (χ0n) is 16.1. The van der Waals surface area contributed by atoms with E-state index in [2.05, 4.69) is 10.0 Å². The molecule has 0 unspecified atom stereocenters. The average Bonchev–Trinajstić information content (AvgIpc) is 2.96. The van der Waals surface area contributed by atoms with E-state index >= 15 is 0 Å². The van der Waals surface area contributed by atoms with E-state index in [0.717, 1.165) is 12.0 Å². The van der Waals surface area contributed by atoms with Gasteiger partial charge in [0.05, 0.1) is 28.2 Å². The monoisotopic (exact) mass is 472 g/mol. The van der Waals surface area contributed by atoms with Gasteiger partial charge in [-0.3, -0.25) is 4.79 Å². The van der Waals surface area contributed by atoms with Gasteiger partial charge in [0, 0.05) is 32.0 Å². The molecule has 0 bridgehead atoms. The molecule has 1 amide bonds. The lowest BCUT2D eigenvalue weighted by atomic mass is 10.1. The van der Waals surface area contributed by atoms with E-state index in [-0.39, 0.29) is 23.8 Å². The van der Waals surface area contributed by atoms with Crippen molar-refractivity contribution in [2.24, 2.45) is 0 Å². The quantitative estimate of drug-likeness (QED) is 0.615. The van der Waals surface area contributed by atoms with Gasteiger partial charge in [-0.15, -0.1) is 0 Å². The summed E-state index contributed by atoms with van der Waals surface area (Å²) in [4.78, 5) is 12.1. The summed E-state index contributed by atoms with van der Waals surface area (Å²) in [5, 5.41) is 3.67. The van der Waals surface area contributed by atoms with Gasteiger partial charge in [-0.25, -0.2) is 13.1 Å². The largest absolute Gasteiger partial charge is 0.490 e. The minimum absolute atomic E-state index is 0.00700. The molecule has 0 atom stereocenters. The van der Waals surface area contributed by atoms with Crippen LogP contribution in [0.25, 0.3) is 0 Å². The van der Waals surface area contributed by atoms with Crippen molar-refractivity contribution < 1.29 is 22.7 Å². The molecule has 0 saturated heterocycles. The summed E-state index contributed by atoms with van der Waals surface area (Å²) in [5.74, 6) is 0.646. The van der Waals surface area contributed by atoms with E-state index in [9.17, 15) is 13.2 Å². The molecule has 3 rings (SSSR count). The van der Waals surface area contributed by atoms with E-state index < -0.39 is 10.0 Å². The lowest BCUT2D eigenvalue weighted by Gasteiger charge is -2.11. The molecular weight excluding hydrogens is 451 g/mol. The third kappa shape index (κ3) is 6.01. The van der Waals surface area contributed by atoms with E-state index in [1.807, 2.05) is 6.07 Å². The number of carbonyl (C=O) groups excluding carboxylic acids is 1. The minimum Gasteiger partial charge on any atom is -0.490 e. The van der Waals surface area contributed by atoms with Crippen LogP contribution in [0.5, 0.6) is 11.5 Å². The summed E-state index contributed by atoms with van der Waals surface area (Å²) >= 11 is 12.1. The van der Waals surface area contributed by atoms with Crippen molar-refractivity contribution in [2.45, 2.75) is 24.2 Å². The number of benzene rings is 2. The molecule has 0 aromatic heterocycles. The maximum absolute atomic E-state index is 12.5. The van der Waals surface area contributed by atoms with Crippen LogP contribution in [0.4, 0.5) is 0 Å². The van der Waals surface area contributed by atoms with Crippen LogP contribution in [0.1, 0.15) is 18.4 Å². The van der Waals surface area contributed by atoms with Crippen molar-refractivity contribution in [2.75, 3.05) is 26.3 Å². The molecule has 2 N–H and O–H groups in total. The SMILES string of the molecule is O=C(CCNS(=O)(=O)c1ccc2c(c1)OCCCO2)NCCc1cccc(Cl)c1Cl. The maximum atomic E-state index is 12.5. The molecule has 1 aliphatic heterocycles. The predicted octanol–water partition coefficient (Wildman–Crippen LogP) is 3.18. The van der Waals surface area contributed by atoms with Gasteiger partial charge < -0.3 is 14.8 Å². The molecule has 0 fully saturated rings. The molecule has 0 aliphatic carbocycles. The molecule has 0 spiro atoms. The van der Waals surface area contributed by atoms with Crippen LogP contribution >= 0.6 is 23.2 Å². The number of amides is 1. The summed E-state index contributed by atoms with van der Waals surface area (Å²) < 4.78 is 38.4. The highest BCUT2D eigenvalue weighted by atomic mass is 35.5. The zero-order chi connectivity index (χ0) is 21.6. The van der Waals surface area contributed by atoms with Crippen molar-refractivity contribution in [3.63, 3.8) is 0 Å². The molecule has 30 heavy (non-hydrogen) atoms. The topological polar surface area (TPSA) is 93.7 Å². The fourth-order valence-electron chi connectivity index (χ4n) is 2.86. The number of sulfonamides is 1. The van der Waals surface area contributed by atoms with Crippen molar-refractivity contribution in [3.8, 4) is 11.5 Å². The first-order chi connectivity index (χ1) is 14.4. The fraction of sp³-hybridized carbons (Fsp3) is 0.350. The summed E-state index contributed by atoms with van der Waals surface area (Å²) in [6.07, 6.45) is 1.26. The van der Waals surface area contributed by atoms with Gasteiger partial charge >= 0.3 is 0 Å². The highest BCUT2D eigenvalue weighted by Crippen LogP contribution is 2.31. The Kier molecular flexibility index (Phi) is 7.82. The number of rotatable bonds is 8. The standard InChI is InChI=1S/C20H22Cl2N2O5S/c21-16-4-1-3-14(20(16)22)7-9-23-19(25)8-10-24-30(26,27)15-5-6-17-18(13-15)29-12-2-11-28-17/h1,3-6,13,24H,2,7-12H2,(H,23,25). The molecule has 162 valence electrons. The van der Waals surface area contributed by atoms with E-state index in [0.29, 0.717) is 47.7 Å². The number of ether oxygens (including phenoxy) is 2. The fourth-order valence-corrected chi connectivity index (χ4v) is 4.32. The Balaban J connectivity index is 1.46. The number of hydrogen-bond acceptors (Lipinski definition) is 5. The zero-order valence-corrected chi connectivity index (χ0v) is 18.4. The molecule has 7 nitrogen and oxygen atoms in total. The Hall–Kier alpha value is -2.00. The molecule has 2 aromatic carbocycles.